The monoisotopic (exact) mass is 274 g/mol. The predicted octanol–water partition coefficient (Wildman–Crippen LogP) is 1.84. The number of Topliss-reactive ketones (excluding diaryl/α,β-unsaturated/α-hetero) is 1. The molecular weight excluding hydrogens is 256 g/mol. The molecule has 1 fully saturated rings. The molecule has 1 saturated carbocycles. The van der Waals surface area contributed by atoms with Gasteiger partial charge in [0.1, 0.15) is 6.54 Å². The van der Waals surface area contributed by atoms with Crippen molar-refractivity contribution < 1.29 is 14.4 Å². The Bertz CT molecular complexity index is 550. The van der Waals surface area contributed by atoms with Crippen LogP contribution in [0.4, 0.5) is 5.69 Å². The second-order valence-corrected chi connectivity index (χ2v) is 5.06. The molecule has 0 heterocycles. The van der Waals surface area contributed by atoms with Gasteiger partial charge in [0.15, 0.2) is 5.78 Å². The summed E-state index contributed by atoms with van der Waals surface area (Å²) in [5, 5.41) is 2.72. The summed E-state index contributed by atoms with van der Waals surface area (Å²) in [6.07, 6.45) is 1.93. The lowest BCUT2D eigenvalue weighted by atomic mass is 10.1. The molecule has 0 bridgehead atoms. The molecular formula is C15H18N2O3. The molecule has 1 aliphatic rings. The highest BCUT2D eigenvalue weighted by molar-refractivity contribution is 5.98. The van der Waals surface area contributed by atoms with Gasteiger partial charge in [-0.15, -0.1) is 0 Å². The third kappa shape index (κ3) is 3.66. The lowest BCUT2D eigenvalue weighted by molar-refractivity contribution is -0.133. The summed E-state index contributed by atoms with van der Waals surface area (Å²) in [5.74, 6) is -0.377. The number of hydrogen-bond donors (Lipinski definition) is 1. The van der Waals surface area contributed by atoms with E-state index in [1.807, 2.05) is 0 Å². The highest BCUT2D eigenvalue weighted by atomic mass is 16.2. The summed E-state index contributed by atoms with van der Waals surface area (Å²) in [7, 11) is 0. The molecule has 5 heteroatoms. The molecule has 1 aromatic rings. The molecule has 2 rings (SSSR count). The van der Waals surface area contributed by atoms with Crippen molar-refractivity contribution in [2.24, 2.45) is 0 Å². The van der Waals surface area contributed by atoms with E-state index in [-0.39, 0.29) is 30.2 Å². The molecule has 0 unspecified atom stereocenters. The van der Waals surface area contributed by atoms with E-state index in [4.69, 9.17) is 0 Å². The molecule has 20 heavy (non-hydrogen) atoms. The fourth-order valence-electron chi connectivity index (χ4n) is 2.05. The van der Waals surface area contributed by atoms with Crippen LogP contribution in [0.25, 0.3) is 0 Å². The van der Waals surface area contributed by atoms with E-state index in [0.717, 1.165) is 12.8 Å². The number of nitrogens with zero attached hydrogens (tertiary/aromatic N) is 1. The van der Waals surface area contributed by atoms with Crippen molar-refractivity contribution in [3.63, 3.8) is 0 Å². The summed E-state index contributed by atoms with van der Waals surface area (Å²) >= 11 is 0. The maximum atomic E-state index is 12.0. The van der Waals surface area contributed by atoms with Crippen molar-refractivity contribution in [3.05, 3.63) is 29.8 Å². The van der Waals surface area contributed by atoms with E-state index in [1.54, 1.807) is 29.2 Å². The smallest absolute Gasteiger partial charge is 0.244 e. The van der Waals surface area contributed by atoms with Crippen molar-refractivity contribution >= 4 is 23.3 Å². The van der Waals surface area contributed by atoms with Crippen LogP contribution >= 0.6 is 0 Å². The molecule has 0 radical (unpaired) electrons. The van der Waals surface area contributed by atoms with Gasteiger partial charge in [-0.25, -0.2) is 0 Å². The Balaban J connectivity index is 1.98. The van der Waals surface area contributed by atoms with Gasteiger partial charge in [0.05, 0.1) is 0 Å². The maximum absolute atomic E-state index is 12.0. The van der Waals surface area contributed by atoms with Crippen molar-refractivity contribution in [2.45, 2.75) is 32.7 Å². The summed E-state index contributed by atoms with van der Waals surface area (Å²) in [6.45, 7) is 3.01. The summed E-state index contributed by atoms with van der Waals surface area (Å²) < 4.78 is 0. The Morgan fingerprint density at radius 3 is 2.50 bits per heavy atom. The van der Waals surface area contributed by atoms with Crippen LogP contribution in [0.15, 0.2) is 24.3 Å². The van der Waals surface area contributed by atoms with Crippen LogP contribution < -0.4 is 5.32 Å². The van der Waals surface area contributed by atoms with Crippen LogP contribution in [-0.2, 0) is 9.59 Å². The Kier molecular flexibility index (Phi) is 4.17. The third-order valence-electron chi connectivity index (χ3n) is 3.26. The summed E-state index contributed by atoms with van der Waals surface area (Å²) in [4.78, 5) is 36.3. The Labute approximate surface area is 118 Å². The number of ketones is 1. The van der Waals surface area contributed by atoms with Crippen LogP contribution in [0.1, 0.15) is 37.0 Å². The number of carbonyl (C=O) groups is 3. The summed E-state index contributed by atoms with van der Waals surface area (Å²) in [5.41, 5.74) is 1.12. The third-order valence-corrected chi connectivity index (χ3v) is 3.26. The lowest BCUT2D eigenvalue weighted by Crippen LogP contribution is -2.38. The molecule has 1 aliphatic carbocycles. The van der Waals surface area contributed by atoms with Gasteiger partial charge in [-0.1, -0.05) is 12.1 Å². The van der Waals surface area contributed by atoms with Crippen LogP contribution in [0.2, 0.25) is 0 Å². The normalized spacial score (nSPS) is 13.7. The molecule has 1 N–H and O–H groups in total. The van der Waals surface area contributed by atoms with Gasteiger partial charge >= 0.3 is 0 Å². The second kappa shape index (κ2) is 5.86. The van der Waals surface area contributed by atoms with E-state index >= 15 is 0 Å². The average molecular weight is 274 g/mol. The van der Waals surface area contributed by atoms with Crippen LogP contribution in [0.5, 0.6) is 0 Å². The van der Waals surface area contributed by atoms with Gasteiger partial charge in [0, 0.05) is 24.2 Å². The molecule has 106 valence electrons. The topological polar surface area (TPSA) is 66.5 Å². The fourth-order valence-corrected chi connectivity index (χ4v) is 2.05. The minimum atomic E-state index is -0.243. The fraction of sp³-hybridized carbons (Fsp3) is 0.400. The zero-order valence-corrected chi connectivity index (χ0v) is 11.7. The summed E-state index contributed by atoms with van der Waals surface area (Å²) in [6, 6.07) is 6.98. The Morgan fingerprint density at radius 2 is 1.95 bits per heavy atom. The molecule has 5 nitrogen and oxygen atoms in total. The first kappa shape index (κ1) is 14.2. The van der Waals surface area contributed by atoms with E-state index in [9.17, 15) is 14.4 Å². The standard InChI is InChI=1S/C15H18N2O3/c1-10(18)12-4-3-5-13(8-12)16-15(20)9-17(11(2)19)14-6-7-14/h3-5,8,14H,6-7,9H2,1-2H3,(H,16,20). The minimum Gasteiger partial charge on any atom is -0.331 e. The predicted molar refractivity (Wildman–Crippen MR) is 75.5 cm³/mol. The van der Waals surface area contributed by atoms with Gasteiger partial charge in [0.2, 0.25) is 11.8 Å². The van der Waals surface area contributed by atoms with Crippen LogP contribution in [0.3, 0.4) is 0 Å². The van der Waals surface area contributed by atoms with E-state index in [0.29, 0.717) is 11.3 Å². The zero-order chi connectivity index (χ0) is 14.7. The SMILES string of the molecule is CC(=O)c1cccc(NC(=O)CN(C(C)=O)C2CC2)c1. The quantitative estimate of drug-likeness (QED) is 0.833. The van der Waals surface area contributed by atoms with Crippen LogP contribution in [-0.4, -0.2) is 35.1 Å². The van der Waals surface area contributed by atoms with Gasteiger partial charge in [-0.2, -0.15) is 0 Å². The van der Waals surface area contributed by atoms with E-state index in [1.165, 1.54) is 13.8 Å². The molecule has 0 aliphatic heterocycles. The Morgan fingerprint density at radius 1 is 1.25 bits per heavy atom. The number of amides is 2. The minimum absolute atomic E-state index is 0.0514. The maximum Gasteiger partial charge on any atom is 0.244 e. The van der Waals surface area contributed by atoms with E-state index in [2.05, 4.69) is 5.32 Å². The van der Waals surface area contributed by atoms with Crippen molar-refractivity contribution in [3.8, 4) is 0 Å². The lowest BCUT2D eigenvalue weighted by Gasteiger charge is -2.19. The van der Waals surface area contributed by atoms with E-state index < -0.39 is 0 Å². The zero-order valence-electron chi connectivity index (χ0n) is 11.7. The van der Waals surface area contributed by atoms with Crippen LogP contribution in [0, 0.1) is 0 Å². The first-order chi connectivity index (χ1) is 9.47. The van der Waals surface area contributed by atoms with Gasteiger partial charge in [-0.05, 0) is 31.9 Å². The van der Waals surface area contributed by atoms with Crippen molar-refractivity contribution in [1.29, 1.82) is 0 Å². The second-order valence-electron chi connectivity index (χ2n) is 5.06. The number of nitrogens with one attached hydrogen (secondary N) is 1. The Hall–Kier alpha value is -2.17. The number of hydrogen-bond acceptors (Lipinski definition) is 3. The highest BCUT2D eigenvalue weighted by Crippen LogP contribution is 2.26. The largest absolute Gasteiger partial charge is 0.331 e. The number of benzene rings is 1. The first-order valence-electron chi connectivity index (χ1n) is 6.65. The van der Waals surface area contributed by atoms with Gasteiger partial charge < -0.3 is 10.2 Å². The number of rotatable bonds is 5. The molecule has 0 aromatic heterocycles. The molecule has 0 saturated heterocycles. The van der Waals surface area contributed by atoms with Gasteiger partial charge in [0.25, 0.3) is 0 Å². The number of anilines is 1. The van der Waals surface area contributed by atoms with Gasteiger partial charge in [-0.3, -0.25) is 14.4 Å². The van der Waals surface area contributed by atoms with Crippen molar-refractivity contribution in [2.75, 3.05) is 11.9 Å². The molecule has 0 atom stereocenters. The average Bonchev–Trinajstić information content (AvgIpc) is 3.20. The molecule has 0 spiro atoms. The molecule has 2 amide bonds. The number of carbonyl (C=O) groups excluding carboxylic acids is 3. The van der Waals surface area contributed by atoms with Crippen molar-refractivity contribution in [1.82, 2.24) is 4.90 Å². The highest BCUT2D eigenvalue weighted by Gasteiger charge is 2.31. The molecule has 1 aromatic carbocycles. The first-order valence-corrected chi connectivity index (χ1v) is 6.65.